The van der Waals surface area contributed by atoms with Crippen LogP contribution in [0.1, 0.15) is 42.7 Å². The number of aliphatic carboxylic acids is 1. The summed E-state index contributed by atoms with van der Waals surface area (Å²) in [5.74, 6) is -1.23. The van der Waals surface area contributed by atoms with E-state index in [1.165, 1.54) is 11.1 Å². The molecule has 3 aromatic carbocycles. The van der Waals surface area contributed by atoms with E-state index in [2.05, 4.69) is 31.2 Å². The van der Waals surface area contributed by atoms with E-state index >= 15 is 0 Å². The third-order valence-corrected chi connectivity index (χ3v) is 4.24. The fourth-order valence-corrected chi connectivity index (χ4v) is 2.58. The zero-order valence-electron chi connectivity index (χ0n) is 15.1. The van der Waals surface area contributed by atoms with Gasteiger partial charge in [-0.15, -0.1) is 0 Å². The van der Waals surface area contributed by atoms with Gasteiger partial charge in [0.15, 0.2) is 6.10 Å². The fraction of sp³-hybridized carbons (Fsp3) is 0.227. The zero-order chi connectivity index (χ0) is 19.1. The number of aliphatic hydroxyl groups excluding tert-OH is 1. The van der Waals surface area contributed by atoms with Crippen molar-refractivity contribution >= 4 is 16.7 Å². The summed E-state index contributed by atoms with van der Waals surface area (Å²) in [6, 6.07) is 21.4. The van der Waals surface area contributed by atoms with Crippen molar-refractivity contribution in [2.24, 2.45) is 5.73 Å². The smallest absolute Gasteiger partial charge is 0.337 e. The van der Waals surface area contributed by atoms with Crippen LogP contribution in [0, 0.1) is 0 Å². The van der Waals surface area contributed by atoms with Crippen molar-refractivity contribution < 1.29 is 15.0 Å². The molecule has 0 radical (unpaired) electrons. The van der Waals surface area contributed by atoms with Crippen molar-refractivity contribution in [3.63, 3.8) is 0 Å². The topological polar surface area (TPSA) is 83.6 Å². The summed E-state index contributed by atoms with van der Waals surface area (Å²) in [7, 11) is 0. The number of nitrogens with two attached hydrogens (primary N) is 1. The van der Waals surface area contributed by atoms with Crippen LogP contribution in [0.15, 0.2) is 66.7 Å². The summed E-state index contributed by atoms with van der Waals surface area (Å²) in [6.07, 6.45) is -0.353. The first kappa shape index (κ1) is 19.6. The van der Waals surface area contributed by atoms with Gasteiger partial charge in [0.2, 0.25) is 0 Å². The molecule has 0 aromatic heterocycles. The number of carboxylic acid groups (broad SMARTS) is 1. The summed E-state index contributed by atoms with van der Waals surface area (Å²) in [4.78, 5) is 10.6. The second-order valence-electron chi connectivity index (χ2n) is 6.23. The first-order valence-corrected chi connectivity index (χ1v) is 8.66. The first-order valence-electron chi connectivity index (χ1n) is 8.66. The van der Waals surface area contributed by atoms with E-state index < -0.39 is 12.1 Å². The van der Waals surface area contributed by atoms with Crippen molar-refractivity contribution in [3.8, 4) is 0 Å². The summed E-state index contributed by atoms with van der Waals surface area (Å²) in [5, 5.41) is 20.0. The van der Waals surface area contributed by atoms with E-state index in [1.807, 2.05) is 31.2 Å². The maximum Gasteiger partial charge on any atom is 0.337 e. The van der Waals surface area contributed by atoms with Crippen molar-refractivity contribution in [2.75, 3.05) is 0 Å². The molecule has 0 amide bonds. The number of fused-ring (bicyclic) bond motifs is 1. The maximum absolute atomic E-state index is 10.6. The molecule has 0 bridgehead atoms. The summed E-state index contributed by atoms with van der Waals surface area (Å²) in [5.41, 5.74) is 8.69. The molecule has 0 saturated heterocycles. The molecule has 136 valence electrons. The lowest BCUT2D eigenvalue weighted by Gasteiger charge is -2.06. The zero-order valence-corrected chi connectivity index (χ0v) is 15.1. The molecular formula is C22H25NO3. The van der Waals surface area contributed by atoms with E-state index in [0.717, 1.165) is 17.2 Å². The Labute approximate surface area is 153 Å². The second-order valence-corrected chi connectivity index (χ2v) is 6.23. The van der Waals surface area contributed by atoms with Crippen molar-refractivity contribution in [1.29, 1.82) is 0 Å². The molecule has 4 N–H and O–H groups in total. The number of carboxylic acids is 1. The molecule has 0 aliphatic rings. The highest BCUT2D eigenvalue weighted by molar-refractivity contribution is 5.84. The standard InChI is InChI=1S/C12H10O3.C10H15N/c13-11(12(14)15)10-6-5-8-3-1-2-4-9(8)7-10;1-3-9-4-6-10(7-5-9)8(2)11/h1-7,11,13H,(H,14,15);4-8H,3,11H2,1-2H3/t11-;8-/m00/s1. The number of rotatable bonds is 4. The van der Waals surface area contributed by atoms with Crippen LogP contribution in [0.25, 0.3) is 10.8 Å². The molecule has 3 aromatic rings. The molecule has 0 saturated carbocycles. The predicted molar refractivity (Wildman–Crippen MR) is 105 cm³/mol. The molecule has 4 heteroatoms. The van der Waals surface area contributed by atoms with Crippen LogP contribution < -0.4 is 5.73 Å². The largest absolute Gasteiger partial charge is 0.479 e. The maximum atomic E-state index is 10.6. The van der Waals surface area contributed by atoms with Crippen molar-refractivity contribution in [3.05, 3.63) is 83.4 Å². The Bertz CT molecular complexity index is 857. The van der Waals surface area contributed by atoms with Gasteiger partial charge in [0.05, 0.1) is 0 Å². The lowest BCUT2D eigenvalue weighted by molar-refractivity contribution is -0.146. The van der Waals surface area contributed by atoms with E-state index in [9.17, 15) is 9.90 Å². The molecular weight excluding hydrogens is 326 g/mol. The van der Waals surface area contributed by atoms with Crippen LogP contribution in [0.3, 0.4) is 0 Å². The Kier molecular flexibility index (Phi) is 6.89. The lowest BCUT2D eigenvalue weighted by atomic mass is 10.0. The quantitative estimate of drug-likeness (QED) is 0.657. The van der Waals surface area contributed by atoms with Crippen LogP contribution >= 0.6 is 0 Å². The Hall–Kier alpha value is -2.69. The van der Waals surface area contributed by atoms with Crippen LogP contribution in [-0.4, -0.2) is 16.2 Å². The Balaban J connectivity index is 0.000000197. The van der Waals surface area contributed by atoms with Gasteiger partial charge < -0.3 is 15.9 Å². The van der Waals surface area contributed by atoms with Crippen LogP contribution in [0.2, 0.25) is 0 Å². The Morgan fingerprint density at radius 3 is 2.08 bits per heavy atom. The first-order chi connectivity index (χ1) is 12.4. The van der Waals surface area contributed by atoms with E-state index in [-0.39, 0.29) is 6.04 Å². The number of aryl methyl sites for hydroxylation is 1. The third kappa shape index (κ3) is 5.15. The monoisotopic (exact) mass is 351 g/mol. The number of hydrogen-bond acceptors (Lipinski definition) is 3. The van der Waals surface area contributed by atoms with E-state index in [1.54, 1.807) is 18.2 Å². The van der Waals surface area contributed by atoms with Crippen molar-refractivity contribution in [1.82, 2.24) is 0 Å². The highest BCUT2D eigenvalue weighted by Gasteiger charge is 2.15. The van der Waals surface area contributed by atoms with Gasteiger partial charge in [-0.1, -0.05) is 67.6 Å². The average molecular weight is 351 g/mol. The van der Waals surface area contributed by atoms with Gasteiger partial charge >= 0.3 is 5.97 Å². The lowest BCUT2D eigenvalue weighted by Crippen LogP contribution is -2.10. The summed E-state index contributed by atoms with van der Waals surface area (Å²) >= 11 is 0. The van der Waals surface area contributed by atoms with Crippen molar-refractivity contribution in [2.45, 2.75) is 32.4 Å². The minimum absolute atomic E-state index is 0.154. The normalized spacial score (nSPS) is 12.8. The second kappa shape index (κ2) is 9.13. The molecule has 0 unspecified atom stereocenters. The molecule has 0 aliphatic heterocycles. The number of aliphatic hydroxyl groups is 1. The predicted octanol–water partition coefficient (Wildman–Crippen LogP) is 4.23. The minimum Gasteiger partial charge on any atom is -0.479 e. The van der Waals surface area contributed by atoms with Crippen LogP contribution in [0.4, 0.5) is 0 Å². The average Bonchev–Trinajstić information content (AvgIpc) is 2.67. The summed E-state index contributed by atoms with van der Waals surface area (Å²) in [6.45, 7) is 4.15. The Morgan fingerprint density at radius 1 is 0.962 bits per heavy atom. The highest BCUT2D eigenvalue weighted by Crippen LogP contribution is 2.20. The molecule has 0 fully saturated rings. The molecule has 0 aliphatic carbocycles. The highest BCUT2D eigenvalue weighted by atomic mass is 16.4. The van der Waals surface area contributed by atoms with Gasteiger partial charge in [-0.2, -0.15) is 0 Å². The van der Waals surface area contributed by atoms with Gasteiger partial charge in [-0.3, -0.25) is 0 Å². The van der Waals surface area contributed by atoms with Gasteiger partial charge in [0.1, 0.15) is 0 Å². The molecule has 0 heterocycles. The van der Waals surface area contributed by atoms with Crippen LogP contribution in [-0.2, 0) is 11.2 Å². The van der Waals surface area contributed by atoms with Crippen LogP contribution in [0.5, 0.6) is 0 Å². The third-order valence-electron chi connectivity index (χ3n) is 4.24. The molecule has 4 nitrogen and oxygen atoms in total. The Morgan fingerprint density at radius 2 is 1.54 bits per heavy atom. The van der Waals surface area contributed by atoms with Gasteiger partial charge in [-0.05, 0) is 46.9 Å². The van der Waals surface area contributed by atoms with E-state index in [4.69, 9.17) is 10.8 Å². The van der Waals surface area contributed by atoms with E-state index in [0.29, 0.717) is 5.56 Å². The number of benzene rings is 3. The molecule has 0 spiro atoms. The number of hydrogen-bond donors (Lipinski definition) is 3. The SMILES string of the molecule is CCc1ccc([C@H](C)N)cc1.O=C(O)[C@@H](O)c1ccc2ccccc2c1. The fourth-order valence-electron chi connectivity index (χ4n) is 2.58. The van der Waals surface area contributed by atoms with Gasteiger partial charge in [0, 0.05) is 6.04 Å². The van der Waals surface area contributed by atoms with Gasteiger partial charge in [-0.25, -0.2) is 4.79 Å². The molecule has 26 heavy (non-hydrogen) atoms. The van der Waals surface area contributed by atoms with Gasteiger partial charge in [0.25, 0.3) is 0 Å². The minimum atomic E-state index is -1.45. The molecule has 3 rings (SSSR count). The number of carbonyl (C=O) groups is 1. The molecule has 2 atom stereocenters. The summed E-state index contributed by atoms with van der Waals surface area (Å²) < 4.78 is 0.